The van der Waals surface area contributed by atoms with Gasteiger partial charge in [-0.1, -0.05) is 159 Å². The van der Waals surface area contributed by atoms with Gasteiger partial charge in [0.25, 0.3) is 0 Å². The highest BCUT2D eigenvalue weighted by Crippen LogP contribution is 2.52. The Balaban J connectivity index is 0.978. The van der Waals surface area contributed by atoms with Gasteiger partial charge in [-0.2, -0.15) is 0 Å². The lowest BCUT2D eigenvalue weighted by Gasteiger charge is -2.29. The molecule has 1 aliphatic rings. The second-order valence-electron chi connectivity index (χ2n) is 15.7. The summed E-state index contributed by atoms with van der Waals surface area (Å²) in [6.07, 6.45) is 0. The second-order valence-corrected chi connectivity index (χ2v) is 15.7. The zero-order valence-electron chi connectivity index (χ0n) is 31.9. The first-order chi connectivity index (χ1) is 28.0. The van der Waals surface area contributed by atoms with Gasteiger partial charge in [0.2, 0.25) is 0 Å². The third kappa shape index (κ3) is 5.48. The van der Waals surface area contributed by atoms with Gasteiger partial charge >= 0.3 is 0 Å². The van der Waals surface area contributed by atoms with Crippen LogP contribution < -0.4 is 4.90 Å². The summed E-state index contributed by atoms with van der Waals surface area (Å²) >= 11 is 0. The van der Waals surface area contributed by atoms with Gasteiger partial charge in [-0.15, -0.1) is 0 Å². The van der Waals surface area contributed by atoms with Gasteiger partial charge in [0.15, 0.2) is 0 Å². The van der Waals surface area contributed by atoms with Gasteiger partial charge < -0.3 is 9.32 Å². The highest BCUT2D eigenvalue weighted by Gasteiger charge is 2.36. The van der Waals surface area contributed by atoms with Crippen molar-refractivity contribution in [3.05, 3.63) is 211 Å². The SMILES string of the molecule is CC1(C)c2cc(-c3ccc4c(c3)oc3ccccc34)ccc2-c2ccc(N(c3ccc(-c4ccc(-c5ccccc5)cc4)cc3)c3cccc4ccccc34)cc21. The first-order valence-corrected chi connectivity index (χ1v) is 19.7. The van der Waals surface area contributed by atoms with Gasteiger partial charge in [-0.3, -0.25) is 0 Å². The van der Waals surface area contributed by atoms with Crippen LogP contribution in [-0.4, -0.2) is 0 Å². The fourth-order valence-electron chi connectivity index (χ4n) is 9.07. The maximum absolute atomic E-state index is 6.28. The van der Waals surface area contributed by atoms with Crippen LogP contribution in [-0.2, 0) is 5.41 Å². The minimum atomic E-state index is -0.208. The highest BCUT2D eigenvalue weighted by atomic mass is 16.3. The predicted octanol–water partition coefficient (Wildman–Crippen LogP) is 15.5. The molecule has 0 atom stereocenters. The lowest BCUT2D eigenvalue weighted by molar-refractivity contribution is 0.660. The van der Waals surface area contributed by atoms with E-state index in [4.69, 9.17) is 4.42 Å². The largest absolute Gasteiger partial charge is 0.456 e. The number of anilines is 3. The van der Waals surface area contributed by atoms with Gasteiger partial charge in [-0.25, -0.2) is 0 Å². The molecule has 0 unspecified atom stereocenters. The lowest BCUT2D eigenvalue weighted by Crippen LogP contribution is -2.16. The van der Waals surface area contributed by atoms with E-state index in [0.717, 1.165) is 44.6 Å². The van der Waals surface area contributed by atoms with E-state index >= 15 is 0 Å². The molecular weight excluding hydrogens is 691 g/mol. The third-order valence-electron chi connectivity index (χ3n) is 12.1. The van der Waals surface area contributed by atoms with Crippen molar-refractivity contribution >= 4 is 49.8 Å². The van der Waals surface area contributed by atoms with Crippen molar-refractivity contribution in [1.29, 1.82) is 0 Å². The van der Waals surface area contributed by atoms with Crippen LogP contribution in [0.15, 0.2) is 205 Å². The standard InChI is InChI=1S/C55H39NO/c1-55(2)50-33-41(42-26-31-49-48-16-8-9-18-53(48)57-54(49)34-42)25-30-46(50)47-32-29-44(35-51(47)55)56(52-17-10-14-40-13-6-7-15-45(40)52)43-27-23-39(24-28-43)38-21-19-37(20-22-38)36-11-4-3-5-12-36/h3-35H,1-2H3. The van der Waals surface area contributed by atoms with Crippen LogP contribution in [0.3, 0.4) is 0 Å². The van der Waals surface area contributed by atoms with Crippen molar-refractivity contribution in [2.45, 2.75) is 19.3 Å². The van der Waals surface area contributed by atoms with Gasteiger partial charge in [0.1, 0.15) is 11.2 Å². The summed E-state index contributed by atoms with van der Waals surface area (Å²) in [6.45, 7) is 4.74. The molecule has 1 aromatic heterocycles. The maximum Gasteiger partial charge on any atom is 0.136 e. The van der Waals surface area contributed by atoms with Crippen molar-refractivity contribution in [3.8, 4) is 44.5 Å². The smallest absolute Gasteiger partial charge is 0.136 e. The van der Waals surface area contributed by atoms with Crippen molar-refractivity contribution in [3.63, 3.8) is 0 Å². The van der Waals surface area contributed by atoms with E-state index in [1.807, 2.05) is 12.1 Å². The molecule has 0 N–H and O–H groups in total. The topological polar surface area (TPSA) is 16.4 Å². The number of hydrogen-bond donors (Lipinski definition) is 0. The fraction of sp³-hybridized carbons (Fsp3) is 0.0545. The molecule has 57 heavy (non-hydrogen) atoms. The Morgan fingerprint density at radius 2 is 0.895 bits per heavy atom. The molecule has 0 saturated carbocycles. The monoisotopic (exact) mass is 729 g/mol. The first kappa shape index (κ1) is 33.2. The van der Waals surface area contributed by atoms with Crippen molar-refractivity contribution < 1.29 is 4.42 Å². The molecule has 10 aromatic rings. The summed E-state index contributed by atoms with van der Waals surface area (Å²) in [7, 11) is 0. The molecule has 0 amide bonds. The van der Waals surface area contributed by atoms with Crippen molar-refractivity contribution in [2.24, 2.45) is 0 Å². The molecule has 1 heterocycles. The summed E-state index contributed by atoms with van der Waals surface area (Å²) in [6, 6.07) is 72.7. The van der Waals surface area contributed by atoms with E-state index in [0.29, 0.717) is 0 Å². The minimum absolute atomic E-state index is 0.208. The van der Waals surface area contributed by atoms with E-state index in [1.54, 1.807) is 0 Å². The zero-order valence-corrected chi connectivity index (χ0v) is 31.9. The lowest BCUT2D eigenvalue weighted by atomic mass is 9.81. The van der Waals surface area contributed by atoms with Crippen LogP contribution in [0.4, 0.5) is 17.1 Å². The van der Waals surface area contributed by atoms with Crippen LogP contribution in [0.25, 0.3) is 77.2 Å². The average molecular weight is 730 g/mol. The fourth-order valence-corrected chi connectivity index (χ4v) is 9.07. The second kappa shape index (κ2) is 13.0. The Morgan fingerprint density at radius 1 is 0.368 bits per heavy atom. The molecule has 0 aliphatic heterocycles. The third-order valence-corrected chi connectivity index (χ3v) is 12.1. The van der Waals surface area contributed by atoms with Crippen LogP contribution in [0.2, 0.25) is 0 Å². The van der Waals surface area contributed by atoms with E-state index in [9.17, 15) is 0 Å². The summed E-state index contributed by atoms with van der Waals surface area (Å²) in [4.78, 5) is 2.43. The van der Waals surface area contributed by atoms with E-state index in [-0.39, 0.29) is 5.41 Å². The first-order valence-electron chi connectivity index (χ1n) is 19.7. The predicted molar refractivity (Wildman–Crippen MR) is 240 cm³/mol. The van der Waals surface area contributed by atoms with E-state index in [1.165, 1.54) is 60.8 Å². The molecule has 0 radical (unpaired) electrons. The Labute approximate surface area is 332 Å². The Hall–Kier alpha value is -7.16. The number of fused-ring (bicyclic) bond motifs is 7. The molecule has 11 rings (SSSR count). The molecule has 1 aliphatic carbocycles. The van der Waals surface area contributed by atoms with Crippen LogP contribution in [0, 0.1) is 0 Å². The molecule has 0 bridgehead atoms. The zero-order chi connectivity index (χ0) is 38.1. The average Bonchev–Trinajstić information content (AvgIpc) is 3.75. The van der Waals surface area contributed by atoms with Crippen molar-refractivity contribution in [1.82, 2.24) is 0 Å². The maximum atomic E-state index is 6.28. The molecular formula is C55H39NO. The number of benzene rings is 9. The molecule has 0 spiro atoms. The summed E-state index contributed by atoms with van der Waals surface area (Å²) in [5, 5.41) is 4.74. The van der Waals surface area contributed by atoms with E-state index in [2.05, 4.69) is 207 Å². The van der Waals surface area contributed by atoms with Gasteiger partial charge in [-0.05, 0) is 116 Å². The minimum Gasteiger partial charge on any atom is -0.456 e. The summed E-state index contributed by atoms with van der Waals surface area (Å²) in [5.41, 5.74) is 17.5. The van der Waals surface area contributed by atoms with Gasteiger partial charge in [0.05, 0.1) is 5.69 Å². The molecule has 2 nitrogen and oxygen atoms in total. The summed E-state index contributed by atoms with van der Waals surface area (Å²) < 4.78 is 6.28. The quantitative estimate of drug-likeness (QED) is 0.169. The molecule has 2 heteroatoms. The van der Waals surface area contributed by atoms with Gasteiger partial charge in [0, 0.05) is 32.9 Å². The Morgan fingerprint density at radius 3 is 1.67 bits per heavy atom. The molecule has 9 aromatic carbocycles. The number of furan rings is 1. The Kier molecular flexibility index (Phi) is 7.55. The number of nitrogens with zero attached hydrogens (tertiary/aromatic N) is 1. The van der Waals surface area contributed by atoms with Crippen molar-refractivity contribution in [2.75, 3.05) is 4.90 Å². The Bertz CT molecular complexity index is 3130. The van der Waals surface area contributed by atoms with Crippen LogP contribution in [0.1, 0.15) is 25.0 Å². The number of hydrogen-bond acceptors (Lipinski definition) is 2. The number of para-hydroxylation sites is 1. The molecule has 0 fully saturated rings. The normalized spacial score (nSPS) is 12.9. The van der Waals surface area contributed by atoms with Crippen LogP contribution >= 0.6 is 0 Å². The van der Waals surface area contributed by atoms with E-state index < -0.39 is 0 Å². The number of rotatable bonds is 6. The summed E-state index contributed by atoms with van der Waals surface area (Å²) in [5.74, 6) is 0. The molecule has 0 saturated heterocycles. The van der Waals surface area contributed by atoms with Crippen LogP contribution in [0.5, 0.6) is 0 Å². The highest BCUT2D eigenvalue weighted by molar-refractivity contribution is 6.06. The molecule has 270 valence electrons.